The Hall–Kier alpha value is -3.30. The summed E-state index contributed by atoms with van der Waals surface area (Å²) in [6.07, 6.45) is 23.5. The molecule has 1 unspecified atom stereocenters. The first-order valence-corrected chi connectivity index (χ1v) is 22.9. The predicted octanol–water partition coefficient (Wildman–Crippen LogP) is 8.66. The number of unbranched alkanes of at least 4 members (excludes halogenated alkanes) is 1. The first-order chi connectivity index (χ1) is 27.1. The Morgan fingerprint density at radius 1 is 0.964 bits per heavy atom. The van der Waals surface area contributed by atoms with Crippen molar-refractivity contribution in [2.45, 2.75) is 89.6 Å². The van der Waals surface area contributed by atoms with Crippen LogP contribution in [-0.4, -0.2) is 69.9 Å². The van der Waals surface area contributed by atoms with Crippen LogP contribution in [0, 0.1) is 6.92 Å². The Morgan fingerprint density at radius 3 is 2.20 bits per heavy atom. The number of aromatic nitrogens is 2. The van der Waals surface area contributed by atoms with Crippen molar-refractivity contribution in [2.75, 3.05) is 31.2 Å². The van der Waals surface area contributed by atoms with Gasteiger partial charge in [0.25, 0.3) is 0 Å². The van der Waals surface area contributed by atoms with E-state index in [1.807, 2.05) is 0 Å². The van der Waals surface area contributed by atoms with Crippen LogP contribution in [0.2, 0.25) is 0 Å². The molecule has 0 bridgehead atoms. The molecule has 2 aromatic rings. The van der Waals surface area contributed by atoms with Gasteiger partial charge >= 0.3 is 19.4 Å². The second-order valence-corrected chi connectivity index (χ2v) is 17.1. The monoisotopic (exact) mass is 836 g/mol. The summed E-state index contributed by atoms with van der Waals surface area (Å²) in [7, 11) is -1.13. The first kappa shape index (κ1) is 47.1. The normalized spacial score (nSPS) is 19.6. The van der Waals surface area contributed by atoms with Gasteiger partial charge in [-0.3, -0.25) is 13.9 Å². The number of carbonyl (C=O) groups is 1. The van der Waals surface area contributed by atoms with Gasteiger partial charge in [0.2, 0.25) is 12.1 Å². The lowest BCUT2D eigenvalue weighted by Crippen LogP contribution is -2.42. The van der Waals surface area contributed by atoms with Gasteiger partial charge in [0, 0.05) is 42.9 Å². The van der Waals surface area contributed by atoms with Crippen molar-refractivity contribution in [3.63, 3.8) is 0 Å². The van der Waals surface area contributed by atoms with Crippen LogP contribution in [0.1, 0.15) is 70.2 Å². The van der Waals surface area contributed by atoms with Crippen LogP contribution in [0.25, 0.3) is 0 Å². The predicted molar refractivity (Wildman–Crippen MR) is 223 cm³/mol. The number of aliphatic hydroxyl groups excluding tert-OH is 1. The number of hydrogen-bond acceptors (Lipinski definition) is 10. The van der Waals surface area contributed by atoms with Gasteiger partial charge in [0.05, 0.1) is 6.61 Å². The third-order valence-electron chi connectivity index (χ3n) is 7.99. The average Bonchev–Trinajstić information content (AvgIpc) is 3.40. The van der Waals surface area contributed by atoms with Gasteiger partial charge in [-0.15, -0.1) is 0 Å². The highest BCUT2D eigenvalue weighted by molar-refractivity contribution is 8.76. The number of aliphatic hydroxyl groups is 1. The molecule has 3 rings (SSSR count). The highest BCUT2D eigenvalue weighted by Crippen LogP contribution is 2.47. The van der Waals surface area contributed by atoms with E-state index in [0.29, 0.717) is 34.7 Å². The molecule has 3 N–H and O–H groups in total. The number of benzene rings is 1. The molecule has 0 aliphatic carbocycles. The van der Waals surface area contributed by atoms with E-state index in [2.05, 4.69) is 83.1 Å². The summed E-state index contributed by atoms with van der Waals surface area (Å²) >= 11 is 0. The van der Waals surface area contributed by atoms with Crippen molar-refractivity contribution < 1.29 is 37.0 Å². The summed E-state index contributed by atoms with van der Waals surface area (Å²) < 4.78 is 60.8. The molecule has 16 heteroatoms. The van der Waals surface area contributed by atoms with E-state index >= 15 is 8.78 Å². The maximum atomic E-state index is 15.0. The molecule has 0 radical (unpaired) electrons. The smallest absolute Gasteiger partial charge is 0.413 e. The fourth-order valence-corrected chi connectivity index (χ4v) is 8.39. The van der Waals surface area contributed by atoms with Gasteiger partial charge in [-0.25, -0.2) is 14.4 Å². The molecule has 1 fully saturated rings. The molecule has 1 aliphatic rings. The van der Waals surface area contributed by atoms with Crippen molar-refractivity contribution in [2.24, 2.45) is 0 Å². The number of allylic oxidation sites excluding steroid dienone is 10. The van der Waals surface area contributed by atoms with Gasteiger partial charge in [0.15, 0.2) is 6.10 Å². The van der Waals surface area contributed by atoms with Gasteiger partial charge in [-0.05, 0) is 70.1 Å². The van der Waals surface area contributed by atoms with Gasteiger partial charge in [-0.2, -0.15) is 13.8 Å². The van der Waals surface area contributed by atoms with Crippen molar-refractivity contribution in [3.8, 4) is 5.75 Å². The Balaban J connectivity index is 1.29. The minimum Gasteiger partial charge on any atom is -0.413 e. The quantitative estimate of drug-likeness (QED) is 0.0345. The molecule has 1 saturated heterocycles. The van der Waals surface area contributed by atoms with Crippen LogP contribution in [0.4, 0.5) is 8.78 Å². The molecule has 0 spiro atoms. The molecule has 2 heterocycles. The highest BCUT2D eigenvalue weighted by atomic mass is 33.1. The molecule has 56 heavy (non-hydrogen) atoms. The van der Waals surface area contributed by atoms with E-state index in [4.69, 9.17) is 13.8 Å². The van der Waals surface area contributed by atoms with Crippen LogP contribution < -0.4 is 20.6 Å². The summed E-state index contributed by atoms with van der Waals surface area (Å²) in [4.78, 5) is 28.1. The molecule has 308 valence electrons. The molecule has 4 atom stereocenters. The van der Waals surface area contributed by atoms with Crippen LogP contribution in [-0.2, 0) is 18.6 Å². The number of aryl methyl sites for hydroxylation is 1. The Kier molecular flexibility index (Phi) is 22.4. The number of rotatable bonds is 27. The number of amides is 1. The number of nitrogens with zero attached hydrogens (tertiary/aromatic N) is 2. The molecular weight excluding hydrogens is 782 g/mol. The standard InChI is InChI=1S/C40H55F2N4O7PS2/c1-3-4-5-6-7-8-9-10-11-12-13-14-15-16-17-18-22-25-36(47)43-27-30-55-56-31-28-44-54(50,53-34-23-20-19-21-24-34)51-32-35-37(48)40(41,42)38(52-35)46-29-26-33(2)45-39(46)49/h4-5,7-8,10-11,13-14,16-17,19-21,23-24,26,29,35,37-38,48H,3,6,9,12,15,18,22,25,27-28,30-32H2,1-2H3,(H,43,47)(H,44,50)/b5-4-,8-7-,11-10-,14-13-,17-16-/t35-,37-,38-,54?/m1/s1. The summed E-state index contributed by atoms with van der Waals surface area (Å²) in [5, 5.41) is 16.1. The minimum atomic E-state index is -4.14. The summed E-state index contributed by atoms with van der Waals surface area (Å²) in [5.41, 5.74) is -0.630. The van der Waals surface area contributed by atoms with Crippen molar-refractivity contribution in [3.05, 3.63) is 120 Å². The van der Waals surface area contributed by atoms with E-state index in [9.17, 15) is 19.3 Å². The number of para-hydroxylation sites is 1. The second kappa shape index (κ2) is 26.6. The number of ether oxygens (including phenoxy) is 1. The summed E-state index contributed by atoms with van der Waals surface area (Å²) in [5.74, 6) is -2.51. The zero-order valence-electron chi connectivity index (χ0n) is 32.1. The maximum absolute atomic E-state index is 15.0. The third kappa shape index (κ3) is 17.9. The zero-order chi connectivity index (χ0) is 40.5. The Labute approximate surface area is 337 Å². The maximum Gasteiger partial charge on any atom is 0.458 e. The largest absolute Gasteiger partial charge is 0.458 e. The topological polar surface area (TPSA) is 141 Å². The zero-order valence-corrected chi connectivity index (χ0v) is 34.6. The number of alkyl halides is 2. The van der Waals surface area contributed by atoms with Gasteiger partial charge < -0.3 is 19.7 Å². The van der Waals surface area contributed by atoms with E-state index in [1.54, 1.807) is 30.3 Å². The molecule has 11 nitrogen and oxygen atoms in total. The summed E-state index contributed by atoms with van der Waals surface area (Å²) in [6, 6.07) is 9.56. The van der Waals surface area contributed by atoms with Crippen molar-refractivity contribution in [1.29, 1.82) is 0 Å². The van der Waals surface area contributed by atoms with E-state index in [1.165, 1.54) is 34.6 Å². The lowest BCUT2D eigenvalue weighted by atomic mass is 10.1. The van der Waals surface area contributed by atoms with E-state index in [-0.39, 0.29) is 18.2 Å². The molecule has 0 saturated carbocycles. The lowest BCUT2D eigenvalue weighted by molar-refractivity contribution is -0.140. The number of nitrogens with one attached hydrogen (secondary N) is 2. The molecule has 1 aromatic heterocycles. The lowest BCUT2D eigenvalue weighted by Gasteiger charge is -2.22. The average molecular weight is 837 g/mol. The molecule has 1 aromatic carbocycles. The number of carbonyl (C=O) groups excluding carboxylic acids is 1. The fourth-order valence-electron chi connectivity index (χ4n) is 5.09. The van der Waals surface area contributed by atoms with Crippen LogP contribution >= 0.6 is 29.3 Å². The number of halogens is 2. The first-order valence-electron chi connectivity index (χ1n) is 18.8. The summed E-state index contributed by atoms with van der Waals surface area (Å²) in [6.45, 7) is 3.62. The molecular formula is C40H55F2N4O7PS2. The van der Waals surface area contributed by atoms with Crippen molar-refractivity contribution >= 4 is 35.2 Å². The van der Waals surface area contributed by atoms with Gasteiger partial charge in [0.1, 0.15) is 11.9 Å². The van der Waals surface area contributed by atoms with Crippen molar-refractivity contribution in [1.82, 2.24) is 20.0 Å². The second-order valence-electron chi connectivity index (χ2n) is 12.6. The molecule has 1 aliphatic heterocycles. The van der Waals surface area contributed by atoms with Crippen LogP contribution in [0.3, 0.4) is 0 Å². The van der Waals surface area contributed by atoms with Gasteiger partial charge in [-0.1, -0.05) is 107 Å². The highest BCUT2D eigenvalue weighted by Gasteiger charge is 2.60. The fraction of sp³-hybridized carbons (Fsp3) is 0.475. The number of hydrogen-bond donors (Lipinski definition) is 3. The molecule has 1 amide bonds. The SMILES string of the molecule is CC/C=C\C/C=C\C/C=C\C/C=C\C/C=C\CCCC(=O)NCCSSCCNP(=O)(OC[C@H]1O[C@@H](n2ccc(C)nc2=O)C(F)(F)[C@@H]1O)Oc1ccccc1. The Bertz CT molecular complexity index is 1710. The third-order valence-corrected chi connectivity index (χ3v) is 12.0. The minimum absolute atomic E-state index is 0.00352. The van der Waals surface area contributed by atoms with E-state index in [0.717, 1.165) is 51.1 Å². The van der Waals surface area contributed by atoms with E-state index < -0.39 is 44.4 Å². The van der Waals surface area contributed by atoms with Crippen LogP contribution in [0.15, 0.2) is 108 Å². The Morgan fingerprint density at radius 2 is 1.57 bits per heavy atom. The van der Waals surface area contributed by atoms with Crippen LogP contribution in [0.5, 0.6) is 5.75 Å².